The van der Waals surface area contributed by atoms with Crippen molar-refractivity contribution >= 4 is 17.7 Å². The van der Waals surface area contributed by atoms with E-state index < -0.39 is 47.9 Å². The molecule has 3 N–H and O–H groups in total. The second kappa shape index (κ2) is 6.34. The van der Waals surface area contributed by atoms with E-state index in [1.54, 1.807) is 0 Å². The van der Waals surface area contributed by atoms with Gasteiger partial charge in [-0.2, -0.15) is 13.2 Å². The van der Waals surface area contributed by atoms with E-state index in [0.29, 0.717) is 6.07 Å². The van der Waals surface area contributed by atoms with Crippen LogP contribution < -0.4 is 4.90 Å². The predicted octanol–water partition coefficient (Wildman–Crippen LogP) is -0.360. The van der Waals surface area contributed by atoms with E-state index in [9.17, 15) is 33.0 Å². The van der Waals surface area contributed by atoms with Crippen molar-refractivity contribution in [1.29, 1.82) is 0 Å². The molecule has 24 heavy (non-hydrogen) atoms. The Bertz CT molecular complexity index is 653. The van der Waals surface area contributed by atoms with Crippen LogP contribution in [0.15, 0.2) is 18.2 Å². The monoisotopic (exact) mass is 350 g/mol. The van der Waals surface area contributed by atoms with Crippen LogP contribution in [0.5, 0.6) is 0 Å². The topological polar surface area (TPSA) is 120 Å². The number of rotatable bonds is 4. The number of carbonyl (C=O) groups is 2. The summed E-state index contributed by atoms with van der Waals surface area (Å²) >= 11 is 0. The number of aliphatic hydroxyl groups excluding tert-OH is 2. The molecule has 1 aliphatic heterocycles. The molecule has 1 saturated heterocycles. The lowest BCUT2D eigenvalue weighted by Gasteiger charge is -2.41. The average Bonchev–Trinajstić information content (AvgIpc) is 2.54. The fourth-order valence-electron chi connectivity index (χ4n) is 2.26. The summed E-state index contributed by atoms with van der Waals surface area (Å²) in [7, 11) is 0. The number of nitrogens with zero attached hydrogens (tertiary/aromatic N) is 2. The Labute approximate surface area is 133 Å². The molecule has 1 fully saturated rings. The second-order valence-electron chi connectivity index (χ2n) is 4.97. The highest BCUT2D eigenvalue weighted by Crippen LogP contribution is 2.31. The minimum atomic E-state index is -4.74. The largest absolute Gasteiger partial charge is 0.479 e. The molecule has 132 valence electrons. The number of morpholine rings is 1. The number of aliphatic carboxylic acids is 1. The molecule has 1 unspecified atom stereocenters. The minimum Gasteiger partial charge on any atom is -0.479 e. The van der Waals surface area contributed by atoms with Crippen molar-refractivity contribution in [3.63, 3.8) is 0 Å². The van der Waals surface area contributed by atoms with Gasteiger partial charge in [-0.1, -0.05) is 6.07 Å². The van der Waals surface area contributed by atoms with Crippen LogP contribution in [0.25, 0.3) is 0 Å². The van der Waals surface area contributed by atoms with Gasteiger partial charge in [-0.15, -0.1) is 0 Å². The molecule has 0 spiro atoms. The predicted molar refractivity (Wildman–Crippen MR) is 71.0 cm³/mol. The van der Waals surface area contributed by atoms with Gasteiger partial charge in [0.25, 0.3) is 5.91 Å². The number of ether oxygens (including phenoxy) is 1. The Hall–Kier alpha value is -2.24. The van der Waals surface area contributed by atoms with Crippen LogP contribution in [-0.2, 0) is 20.5 Å². The third-order valence-electron chi connectivity index (χ3n) is 3.49. The van der Waals surface area contributed by atoms with E-state index in [1.807, 2.05) is 0 Å². The molecule has 1 aromatic rings. The van der Waals surface area contributed by atoms with Crippen molar-refractivity contribution in [3.05, 3.63) is 23.9 Å². The molecule has 1 aliphatic rings. The van der Waals surface area contributed by atoms with E-state index in [0.717, 1.165) is 17.0 Å². The van der Waals surface area contributed by atoms with Gasteiger partial charge in [-0.3, -0.25) is 9.69 Å². The van der Waals surface area contributed by atoms with E-state index in [2.05, 4.69) is 4.98 Å². The molecule has 2 atom stereocenters. The maximum absolute atomic E-state index is 12.7. The van der Waals surface area contributed by atoms with E-state index in [-0.39, 0.29) is 13.2 Å². The molecule has 11 heteroatoms. The first-order valence-electron chi connectivity index (χ1n) is 6.65. The molecule has 1 aromatic heterocycles. The normalized spacial score (nSPS) is 23.2. The summed E-state index contributed by atoms with van der Waals surface area (Å²) in [6, 6.07) is 2.86. The Kier molecular flexibility index (Phi) is 4.78. The molecular weight excluding hydrogens is 337 g/mol. The second-order valence-corrected chi connectivity index (χ2v) is 4.97. The Balaban J connectivity index is 2.42. The molecule has 1 amide bonds. The van der Waals surface area contributed by atoms with Crippen molar-refractivity contribution in [2.45, 2.75) is 17.9 Å². The number of anilines is 1. The Morgan fingerprint density at radius 3 is 2.67 bits per heavy atom. The van der Waals surface area contributed by atoms with Crippen LogP contribution >= 0.6 is 0 Å². The van der Waals surface area contributed by atoms with Gasteiger partial charge in [-0.25, -0.2) is 9.78 Å². The molecule has 0 saturated carbocycles. The lowest BCUT2D eigenvalue weighted by Crippen LogP contribution is -2.66. The summed E-state index contributed by atoms with van der Waals surface area (Å²) in [5, 5.41) is 28.0. The third kappa shape index (κ3) is 3.05. The van der Waals surface area contributed by atoms with Crippen LogP contribution in [0.1, 0.15) is 5.69 Å². The maximum atomic E-state index is 12.7. The van der Waals surface area contributed by atoms with Crippen LogP contribution in [0.3, 0.4) is 0 Å². The van der Waals surface area contributed by atoms with Crippen molar-refractivity contribution in [2.75, 3.05) is 24.7 Å². The molecule has 0 radical (unpaired) electrons. The van der Waals surface area contributed by atoms with E-state index in [1.165, 1.54) is 0 Å². The van der Waals surface area contributed by atoms with Crippen molar-refractivity contribution in [3.8, 4) is 0 Å². The number of hydrogen-bond donors (Lipinski definition) is 3. The van der Waals surface area contributed by atoms with Gasteiger partial charge in [0, 0.05) is 0 Å². The molecule has 2 heterocycles. The van der Waals surface area contributed by atoms with Crippen LogP contribution in [0.4, 0.5) is 19.0 Å². The van der Waals surface area contributed by atoms with Gasteiger partial charge in [-0.05, 0) is 12.1 Å². The number of hydrogen-bond acceptors (Lipinski definition) is 6. The van der Waals surface area contributed by atoms with Crippen LogP contribution in [0.2, 0.25) is 0 Å². The number of carbonyl (C=O) groups excluding carboxylic acids is 1. The number of pyridine rings is 1. The summed E-state index contributed by atoms with van der Waals surface area (Å²) < 4.78 is 43.2. The number of carboxylic acid groups (broad SMARTS) is 1. The van der Waals surface area contributed by atoms with Crippen molar-refractivity contribution in [2.24, 2.45) is 0 Å². The number of amides is 1. The fraction of sp³-hybridized carbons (Fsp3) is 0.462. The van der Waals surface area contributed by atoms with E-state index in [4.69, 9.17) is 9.84 Å². The average molecular weight is 350 g/mol. The number of halogens is 3. The molecular formula is C13H13F3N2O6. The standard InChI is InChI=1S/C13H13F3N2O6/c14-13(15,16)7-2-1-3-8(17-7)18-4-5-24-12(6-19,11(18)23)9(20)10(21)22/h1-3,9,19-20H,4-6H2,(H,21,22)/t9?,12-/m1/s1. The van der Waals surface area contributed by atoms with Gasteiger partial charge in [0.1, 0.15) is 11.5 Å². The number of aromatic nitrogens is 1. The summed E-state index contributed by atoms with van der Waals surface area (Å²) in [6.07, 6.45) is -7.14. The summed E-state index contributed by atoms with van der Waals surface area (Å²) in [4.78, 5) is 27.5. The van der Waals surface area contributed by atoms with Gasteiger partial charge >= 0.3 is 12.1 Å². The lowest BCUT2D eigenvalue weighted by atomic mass is 9.93. The highest BCUT2D eigenvalue weighted by Gasteiger charge is 2.54. The zero-order valence-corrected chi connectivity index (χ0v) is 12.0. The Morgan fingerprint density at radius 1 is 1.46 bits per heavy atom. The zero-order chi connectivity index (χ0) is 18.1. The summed E-state index contributed by atoms with van der Waals surface area (Å²) in [5.41, 5.74) is -3.76. The summed E-state index contributed by atoms with van der Waals surface area (Å²) in [5.74, 6) is -3.41. The van der Waals surface area contributed by atoms with Crippen LogP contribution in [-0.4, -0.2) is 63.6 Å². The van der Waals surface area contributed by atoms with Crippen molar-refractivity contribution in [1.82, 2.24) is 4.98 Å². The highest BCUT2D eigenvalue weighted by atomic mass is 19.4. The molecule has 8 nitrogen and oxygen atoms in total. The third-order valence-corrected chi connectivity index (χ3v) is 3.49. The first kappa shape index (κ1) is 18.1. The van der Waals surface area contributed by atoms with Crippen molar-refractivity contribution < 1.29 is 42.8 Å². The fourth-order valence-corrected chi connectivity index (χ4v) is 2.26. The minimum absolute atomic E-state index is 0.221. The number of aliphatic hydroxyl groups is 2. The van der Waals surface area contributed by atoms with E-state index >= 15 is 0 Å². The van der Waals surface area contributed by atoms with Gasteiger partial charge < -0.3 is 20.1 Å². The van der Waals surface area contributed by atoms with Gasteiger partial charge in [0.15, 0.2) is 6.10 Å². The molecule has 0 aliphatic carbocycles. The summed E-state index contributed by atoms with van der Waals surface area (Å²) in [6.45, 7) is -1.70. The van der Waals surface area contributed by atoms with Gasteiger partial charge in [0.05, 0.1) is 19.8 Å². The molecule has 0 aromatic carbocycles. The number of carboxylic acids is 1. The first-order chi connectivity index (χ1) is 11.1. The van der Waals surface area contributed by atoms with Crippen LogP contribution in [0, 0.1) is 0 Å². The number of alkyl halides is 3. The maximum Gasteiger partial charge on any atom is 0.433 e. The molecule has 0 bridgehead atoms. The SMILES string of the molecule is O=C(O)C(O)[C@@]1(CO)OCCN(c2cccc(C(F)(F)F)n2)C1=O. The zero-order valence-electron chi connectivity index (χ0n) is 12.0. The quantitative estimate of drug-likeness (QED) is 0.678. The smallest absolute Gasteiger partial charge is 0.433 e. The lowest BCUT2D eigenvalue weighted by molar-refractivity contribution is -0.191. The van der Waals surface area contributed by atoms with Gasteiger partial charge in [0.2, 0.25) is 5.60 Å². The first-order valence-corrected chi connectivity index (χ1v) is 6.65. The Morgan fingerprint density at radius 2 is 2.12 bits per heavy atom. The molecule has 2 rings (SSSR count). The highest BCUT2D eigenvalue weighted by molar-refractivity contribution is 6.02.